The molecular weight excluding hydrogens is 448 g/mol. The van der Waals surface area contributed by atoms with Crippen LogP contribution >= 0.6 is 15.9 Å². The number of aromatic amines is 1. The van der Waals surface area contributed by atoms with Gasteiger partial charge in [-0.25, -0.2) is 4.79 Å². The lowest BCUT2D eigenvalue weighted by Crippen LogP contribution is -2.35. The fraction of sp³-hybridized carbons (Fsp3) is 0.304. The van der Waals surface area contributed by atoms with Gasteiger partial charge in [0.2, 0.25) is 0 Å². The van der Waals surface area contributed by atoms with Crippen LogP contribution in [-0.2, 0) is 29.2 Å². The highest BCUT2D eigenvalue weighted by Crippen LogP contribution is 2.16. The van der Waals surface area contributed by atoms with E-state index in [0.717, 1.165) is 15.6 Å². The van der Waals surface area contributed by atoms with E-state index in [0.29, 0.717) is 37.5 Å². The lowest BCUT2D eigenvalue weighted by molar-refractivity contribution is 0.0113. The Labute approximate surface area is 183 Å². The zero-order valence-corrected chi connectivity index (χ0v) is 18.7. The van der Waals surface area contributed by atoms with Gasteiger partial charge in [-0.3, -0.25) is 14.3 Å². The number of ether oxygens (including phenoxy) is 2. The molecule has 0 atom stereocenters. The fourth-order valence-electron chi connectivity index (χ4n) is 3.24. The molecule has 30 heavy (non-hydrogen) atoms. The zero-order chi connectivity index (χ0) is 21.5. The van der Waals surface area contributed by atoms with E-state index in [2.05, 4.69) is 27.0 Å². The average Bonchev–Trinajstić information content (AvgIpc) is 2.70. The van der Waals surface area contributed by atoms with Crippen molar-refractivity contribution >= 4 is 15.9 Å². The summed E-state index contributed by atoms with van der Waals surface area (Å²) < 4.78 is 13.7. The molecule has 158 valence electrons. The minimum Gasteiger partial charge on any atom is -0.374 e. The molecule has 3 aromatic rings. The summed E-state index contributed by atoms with van der Waals surface area (Å²) in [6.45, 7) is 5.09. The lowest BCUT2D eigenvalue weighted by Gasteiger charge is -2.14. The monoisotopic (exact) mass is 472 g/mol. The van der Waals surface area contributed by atoms with Crippen molar-refractivity contribution in [3.63, 3.8) is 0 Å². The van der Waals surface area contributed by atoms with Crippen molar-refractivity contribution in [2.24, 2.45) is 0 Å². The van der Waals surface area contributed by atoms with E-state index in [1.807, 2.05) is 49.4 Å². The Morgan fingerprint density at radius 1 is 0.967 bits per heavy atom. The molecule has 0 spiro atoms. The minimum absolute atomic E-state index is 0.0581. The number of aromatic nitrogens is 2. The van der Waals surface area contributed by atoms with Crippen LogP contribution in [0, 0.1) is 13.8 Å². The highest BCUT2D eigenvalue weighted by atomic mass is 79.9. The summed E-state index contributed by atoms with van der Waals surface area (Å²) in [5, 5.41) is 0. The zero-order valence-electron chi connectivity index (χ0n) is 17.1. The molecule has 0 saturated heterocycles. The number of nitrogens with one attached hydrogen (secondary N) is 1. The second-order valence-corrected chi connectivity index (χ2v) is 8.06. The smallest absolute Gasteiger partial charge is 0.330 e. The second kappa shape index (κ2) is 10.5. The van der Waals surface area contributed by atoms with Crippen molar-refractivity contribution in [1.82, 2.24) is 9.55 Å². The molecule has 0 unspecified atom stereocenters. The highest BCUT2D eigenvalue weighted by Gasteiger charge is 2.12. The van der Waals surface area contributed by atoms with Crippen LogP contribution in [0.4, 0.5) is 0 Å². The quantitative estimate of drug-likeness (QED) is 0.481. The first-order chi connectivity index (χ1) is 14.4. The summed E-state index contributed by atoms with van der Waals surface area (Å²) in [6.07, 6.45) is 0.456. The normalized spacial score (nSPS) is 11.0. The van der Waals surface area contributed by atoms with Crippen molar-refractivity contribution in [2.75, 3.05) is 13.2 Å². The molecule has 2 aromatic carbocycles. The summed E-state index contributed by atoms with van der Waals surface area (Å²) in [7, 11) is 0. The molecule has 0 fully saturated rings. The largest absolute Gasteiger partial charge is 0.374 e. The van der Waals surface area contributed by atoms with Crippen molar-refractivity contribution in [2.45, 2.75) is 33.6 Å². The van der Waals surface area contributed by atoms with E-state index >= 15 is 0 Å². The summed E-state index contributed by atoms with van der Waals surface area (Å²) >= 11 is 3.48. The molecule has 0 saturated carbocycles. The number of aryl methyl sites for hydroxylation is 1. The Morgan fingerprint density at radius 3 is 2.43 bits per heavy atom. The number of hydrogen-bond acceptors (Lipinski definition) is 4. The number of halogens is 1. The van der Waals surface area contributed by atoms with Gasteiger partial charge in [-0.1, -0.05) is 52.3 Å². The van der Waals surface area contributed by atoms with Gasteiger partial charge in [0, 0.05) is 22.2 Å². The van der Waals surface area contributed by atoms with E-state index < -0.39 is 5.69 Å². The maximum absolute atomic E-state index is 12.3. The molecule has 0 aliphatic carbocycles. The fourth-order valence-corrected chi connectivity index (χ4v) is 3.90. The molecule has 0 bridgehead atoms. The molecule has 7 heteroatoms. The Morgan fingerprint density at radius 2 is 1.70 bits per heavy atom. The first-order valence-electron chi connectivity index (χ1n) is 9.72. The van der Waals surface area contributed by atoms with Crippen molar-refractivity contribution in [1.29, 1.82) is 0 Å². The first kappa shape index (κ1) is 22.2. The van der Waals surface area contributed by atoms with Crippen molar-refractivity contribution < 1.29 is 9.47 Å². The summed E-state index contributed by atoms with van der Waals surface area (Å²) in [5.41, 5.74) is 3.60. The Balaban J connectivity index is 1.55. The molecular formula is C23H25BrN2O4. The number of hydrogen-bond donors (Lipinski definition) is 1. The summed E-state index contributed by atoms with van der Waals surface area (Å²) in [5.74, 6) is 0. The van der Waals surface area contributed by atoms with Crippen LogP contribution in [0.15, 0.2) is 62.6 Å². The minimum atomic E-state index is -0.472. The van der Waals surface area contributed by atoms with Gasteiger partial charge in [0.05, 0.1) is 19.8 Å². The van der Waals surface area contributed by atoms with Gasteiger partial charge in [0.1, 0.15) is 6.73 Å². The van der Waals surface area contributed by atoms with Gasteiger partial charge in [-0.2, -0.15) is 0 Å². The third-order valence-corrected chi connectivity index (χ3v) is 5.23. The average molecular weight is 473 g/mol. The molecule has 0 aliphatic heterocycles. The van der Waals surface area contributed by atoms with Crippen LogP contribution in [0.25, 0.3) is 0 Å². The molecule has 6 nitrogen and oxygen atoms in total. The Hall–Kier alpha value is -2.48. The van der Waals surface area contributed by atoms with Gasteiger partial charge >= 0.3 is 5.69 Å². The van der Waals surface area contributed by atoms with Crippen LogP contribution in [0.2, 0.25) is 0 Å². The number of rotatable bonds is 9. The van der Waals surface area contributed by atoms with Crippen LogP contribution in [-0.4, -0.2) is 22.8 Å². The number of nitrogens with zero attached hydrogens (tertiary/aromatic N) is 1. The third kappa shape index (κ3) is 6.01. The van der Waals surface area contributed by atoms with Gasteiger partial charge in [-0.15, -0.1) is 0 Å². The molecule has 1 heterocycles. The number of H-pyrrole nitrogens is 1. The van der Waals surface area contributed by atoms with E-state index in [1.165, 1.54) is 10.1 Å². The Kier molecular flexibility index (Phi) is 7.79. The van der Waals surface area contributed by atoms with Gasteiger partial charge < -0.3 is 9.47 Å². The second-order valence-electron chi connectivity index (χ2n) is 7.14. The van der Waals surface area contributed by atoms with Gasteiger partial charge in [-0.05, 0) is 42.7 Å². The summed E-state index contributed by atoms with van der Waals surface area (Å²) in [6, 6.07) is 15.8. The standard InChI is InChI=1S/C23H25BrN2O4/c1-16-10-19(12-20(24)11-16)14-29-8-9-30-15-26-17(2)21(22(27)25-23(26)28)13-18-6-4-3-5-7-18/h3-7,10-12H,8-9,13-15H2,1-2H3,(H,25,27,28). The van der Waals surface area contributed by atoms with E-state index in [4.69, 9.17) is 9.47 Å². The van der Waals surface area contributed by atoms with E-state index in [1.54, 1.807) is 6.92 Å². The van der Waals surface area contributed by atoms with Gasteiger partial charge in [0.25, 0.3) is 5.56 Å². The SMILES string of the molecule is Cc1cc(Br)cc(COCCOCn2c(C)c(Cc3ccccc3)c(=O)[nH]c2=O)c1. The number of benzene rings is 2. The van der Waals surface area contributed by atoms with Crippen molar-refractivity contribution in [3.05, 3.63) is 102 Å². The lowest BCUT2D eigenvalue weighted by atomic mass is 10.1. The van der Waals surface area contributed by atoms with Gasteiger partial charge in [0.15, 0.2) is 0 Å². The van der Waals surface area contributed by atoms with Crippen molar-refractivity contribution in [3.8, 4) is 0 Å². The summed E-state index contributed by atoms with van der Waals surface area (Å²) in [4.78, 5) is 26.9. The molecule has 1 aromatic heterocycles. The first-order valence-corrected chi connectivity index (χ1v) is 10.5. The van der Waals surface area contributed by atoms with Crippen LogP contribution in [0.5, 0.6) is 0 Å². The molecule has 0 amide bonds. The third-order valence-electron chi connectivity index (χ3n) is 4.77. The van der Waals surface area contributed by atoms with E-state index in [9.17, 15) is 9.59 Å². The molecule has 0 radical (unpaired) electrons. The topological polar surface area (TPSA) is 73.3 Å². The highest BCUT2D eigenvalue weighted by molar-refractivity contribution is 9.10. The van der Waals surface area contributed by atoms with Crippen LogP contribution in [0.3, 0.4) is 0 Å². The maximum atomic E-state index is 12.3. The predicted octanol–water partition coefficient (Wildman–Crippen LogP) is 3.70. The Bertz CT molecular complexity index is 1090. The van der Waals surface area contributed by atoms with Crippen LogP contribution in [0.1, 0.15) is 27.9 Å². The maximum Gasteiger partial charge on any atom is 0.330 e. The van der Waals surface area contributed by atoms with Crippen LogP contribution < -0.4 is 11.2 Å². The molecule has 1 N–H and O–H groups in total. The van der Waals surface area contributed by atoms with E-state index in [-0.39, 0.29) is 12.3 Å². The molecule has 0 aliphatic rings. The molecule has 3 rings (SSSR count). The predicted molar refractivity (Wildman–Crippen MR) is 120 cm³/mol.